The van der Waals surface area contributed by atoms with Crippen LogP contribution in [0, 0.1) is 0 Å². The summed E-state index contributed by atoms with van der Waals surface area (Å²) in [6, 6.07) is 0. The van der Waals surface area contributed by atoms with Crippen molar-refractivity contribution in [3.05, 3.63) is 16.0 Å². The molecule has 0 bridgehead atoms. The van der Waals surface area contributed by atoms with Crippen LogP contribution in [0.5, 0.6) is 0 Å². The zero-order chi connectivity index (χ0) is 14.0. The summed E-state index contributed by atoms with van der Waals surface area (Å²) in [4.78, 5) is 27.6. The van der Waals surface area contributed by atoms with Crippen molar-refractivity contribution in [3.8, 4) is 0 Å². The number of ether oxygens (including phenoxy) is 1. The Hall–Kier alpha value is -1.45. The number of carbonyl (C=O) groups is 1. The van der Waals surface area contributed by atoms with Crippen LogP contribution in [0.2, 0.25) is 0 Å². The number of isocyanates is 1. The van der Waals surface area contributed by atoms with Gasteiger partial charge >= 0.3 is 5.97 Å². The van der Waals surface area contributed by atoms with Crippen LogP contribution in [0.4, 0.5) is 5.00 Å². The Morgan fingerprint density at radius 2 is 2.00 bits per heavy atom. The summed E-state index contributed by atoms with van der Waals surface area (Å²) < 4.78 is 5.41. The highest BCUT2D eigenvalue weighted by Gasteiger charge is 2.28. The smallest absolute Gasteiger partial charge is 0.342 e. The molecule has 0 spiro atoms. The first-order valence-corrected chi connectivity index (χ1v) is 7.20. The average molecular weight is 279 g/mol. The van der Waals surface area contributed by atoms with Crippen LogP contribution in [-0.4, -0.2) is 17.7 Å². The van der Waals surface area contributed by atoms with Gasteiger partial charge in [-0.2, -0.15) is 4.99 Å². The Kier molecular flexibility index (Phi) is 3.88. The molecule has 0 radical (unpaired) electrons. The highest BCUT2D eigenvalue weighted by Crippen LogP contribution is 2.40. The van der Waals surface area contributed by atoms with Crippen molar-refractivity contribution < 1.29 is 14.3 Å². The van der Waals surface area contributed by atoms with Crippen LogP contribution in [0.15, 0.2) is 4.99 Å². The number of fused-ring (bicyclic) bond motifs is 1. The molecule has 1 aliphatic carbocycles. The first kappa shape index (κ1) is 14.0. The van der Waals surface area contributed by atoms with Crippen LogP contribution < -0.4 is 0 Å². The minimum Gasteiger partial charge on any atom is -0.456 e. The van der Waals surface area contributed by atoms with E-state index in [1.165, 1.54) is 17.4 Å². The molecule has 0 unspecified atom stereocenters. The Morgan fingerprint density at radius 1 is 1.32 bits per heavy atom. The molecule has 19 heavy (non-hydrogen) atoms. The molecule has 0 aromatic carbocycles. The SMILES string of the molecule is CC(C)(C)OC(=O)c1c(N=C=O)sc2c1CCCC2. The topological polar surface area (TPSA) is 55.7 Å². The van der Waals surface area contributed by atoms with E-state index in [1.807, 2.05) is 20.8 Å². The summed E-state index contributed by atoms with van der Waals surface area (Å²) >= 11 is 1.41. The van der Waals surface area contributed by atoms with E-state index in [0.717, 1.165) is 36.1 Å². The third kappa shape index (κ3) is 3.11. The Morgan fingerprint density at radius 3 is 2.63 bits per heavy atom. The van der Waals surface area contributed by atoms with Crippen molar-refractivity contribution in [1.82, 2.24) is 0 Å². The van der Waals surface area contributed by atoms with Crippen molar-refractivity contribution >= 4 is 28.4 Å². The lowest BCUT2D eigenvalue weighted by Crippen LogP contribution is -2.24. The van der Waals surface area contributed by atoms with Crippen molar-refractivity contribution in [2.75, 3.05) is 0 Å². The molecule has 0 saturated heterocycles. The zero-order valence-electron chi connectivity index (χ0n) is 11.4. The van der Waals surface area contributed by atoms with Crippen LogP contribution in [-0.2, 0) is 22.4 Å². The Labute approximate surface area is 116 Å². The molecule has 5 heteroatoms. The van der Waals surface area contributed by atoms with Gasteiger partial charge in [-0.15, -0.1) is 11.3 Å². The van der Waals surface area contributed by atoms with E-state index in [1.54, 1.807) is 0 Å². The summed E-state index contributed by atoms with van der Waals surface area (Å²) in [5.41, 5.74) is 0.931. The summed E-state index contributed by atoms with van der Waals surface area (Å²) in [7, 11) is 0. The largest absolute Gasteiger partial charge is 0.456 e. The first-order valence-electron chi connectivity index (χ1n) is 6.38. The number of hydrogen-bond donors (Lipinski definition) is 0. The highest BCUT2D eigenvalue weighted by molar-refractivity contribution is 7.16. The number of nitrogens with zero attached hydrogens (tertiary/aromatic N) is 1. The second kappa shape index (κ2) is 5.27. The second-order valence-electron chi connectivity index (χ2n) is 5.60. The number of aliphatic imine (C=N–C) groups is 1. The van der Waals surface area contributed by atoms with Gasteiger partial charge in [0, 0.05) is 4.88 Å². The number of rotatable bonds is 2. The molecule has 1 heterocycles. The maximum absolute atomic E-state index is 12.3. The zero-order valence-corrected chi connectivity index (χ0v) is 12.2. The standard InChI is InChI=1S/C14H17NO3S/c1-14(2,3)18-13(17)11-9-6-4-5-7-10(9)19-12(11)15-8-16/h4-7H2,1-3H3. The van der Waals surface area contributed by atoms with Crippen molar-refractivity contribution in [2.24, 2.45) is 4.99 Å². The van der Waals surface area contributed by atoms with Crippen molar-refractivity contribution in [3.63, 3.8) is 0 Å². The van der Waals surface area contributed by atoms with E-state index in [-0.39, 0.29) is 5.97 Å². The van der Waals surface area contributed by atoms with Gasteiger partial charge in [0.2, 0.25) is 6.08 Å². The molecule has 2 rings (SSSR count). The summed E-state index contributed by atoms with van der Waals surface area (Å²) in [6.07, 6.45) is 5.51. The van der Waals surface area contributed by atoms with E-state index in [9.17, 15) is 9.59 Å². The van der Waals surface area contributed by atoms with Crippen LogP contribution >= 0.6 is 11.3 Å². The van der Waals surface area contributed by atoms with E-state index in [2.05, 4.69) is 4.99 Å². The molecule has 102 valence electrons. The van der Waals surface area contributed by atoms with Gasteiger partial charge in [0.05, 0.1) is 0 Å². The van der Waals surface area contributed by atoms with Crippen molar-refractivity contribution in [1.29, 1.82) is 0 Å². The molecular weight excluding hydrogens is 262 g/mol. The number of aryl methyl sites for hydroxylation is 1. The summed E-state index contributed by atoms with van der Waals surface area (Å²) in [5, 5.41) is 0.441. The third-order valence-electron chi connectivity index (χ3n) is 2.90. The molecule has 0 N–H and O–H groups in total. The van der Waals surface area contributed by atoms with Gasteiger partial charge in [0.1, 0.15) is 16.2 Å². The molecular formula is C14H17NO3S. The lowest BCUT2D eigenvalue weighted by atomic mass is 9.95. The average Bonchev–Trinajstić information content (AvgIpc) is 2.65. The monoisotopic (exact) mass is 279 g/mol. The van der Waals surface area contributed by atoms with E-state index < -0.39 is 5.60 Å². The van der Waals surface area contributed by atoms with Crippen LogP contribution in [0.25, 0.3) is 0 Å². The van der Waals surface area contributed by atoms with Gasteiger partial charge in [0.25, 0.3) is 0 Å². The maximum Gasteiger partial charge on any atom is 0.342 e. The van der Waals surface area contributed by atoms with E-state index in [0.29, 0.717) is 10.6 Å². The highest BCUT2D eigenvalue weighted by atomic mass is 32.1. The van der Waals surface area contributed by atoms with Gasteiger partial charge in [-0.3, -0.25) is 0 Å². The van der Waals surface area contributed by atoms with E-state index >= 15 is 0 Å². The van der Waals surface area contributed by atoms with Gasteiger partial charge in [0.15, 0.2) is 0 Å². The summed E-state index contributed by atoms with van der Waals surface area (Å²) in [6.45, 7) is 5.48. The third-order valence-corrected chi connectivity index (χ3v) is 4.09. The van der Waals surface area contributed by atoms with Gasteiger partial charge in [-0.05, 0) is 52.0 Å². The first-order chi connectivity index (χ1) is 8.92. The number of hydrogen-bond acceptors (Lipinski definition) is 5. The molecule has 1 aromatic heterocycles. The maximum atomic E-state index is 12.3. The molecule has 0 saturated carbocycles. The van der Waals surface area contributed by atoms with Crippen LogP contribution in [0.1, 0.15) is 54.4 Å². The number of carbonyl (C=O) groups excluding carboxylic acids is 2. The van der Waals surface area contributed by atoms with Gasteiger partial charge in [-0.25, -0.2) is 9.59 Å². The predicted molar refractivity (Wildman–Crippen MR) is 73.9 cm³/mol. The fourth-order valence-electron chi connectivity index (χ4n) is 2.21. The van der Waals surface area contributed by atoms with Crippen molar-refractivity contribution in [2.45, 2.75) is 52.1 Å². The van der Waals surface area contributed by atoms with E-state index in [4.69, 9.17) is 4.74 Å². The predicted octanol–water partition coefficient (Wildman–Crippen LogP) is 3.55. The quantitative estimate of drug-likeness (QED) is 0.472. The lowest BCUT2D eigenvalue weighted by molar-refractivity contribution is 0.00698. The fraction of sp³-hybridized carbons (Fsp3) is 0.571. The minimum atomic E-state index is -0.553. The Balaban J connectivity index is 2.44. The summed E-state index contributed by atoms with van der Waals surface area (Å²) in [5.74, 6) is -0.388. The fourth-order valence-corrected chi connectivity index (χ4v) is 3.41. The molecule has 1 aliphatic rings. The second-order valence-corrected chi connectivity index (χ2v) is 6.68. The molecule has 0 aliphatic heterocycles. The van der Waals surface area contributed by atoms with Crippen LogP contribution in [0.3, 0.4) is 0 Å². The molecule has 0 atom stereocenters. The number of esters is 1. The van der Waals surface area contributed by atoms with Gasteiger partial charge < -0.3 is 4.74 Å². The molecule has 0 amide bonds. The number of thiophene rings is 1. The van der Waals surface area contributed by atoms with Gasteiger partial charge in [-0.1, -0.05) is 0 Å². The molecule has 4 nitrogen and oxygen atoms in total. The lowest BCUT2D eigenvalue weighted by Gasteiger charge is -2.20. The molecule has 1 aromatic rings. The normalized spacial score (nSPS) is 14.5. The molecule has 0 fully saturated rings. The Bertz CT molecular complexity index is 548. The minimum absolute atomic E-state index is 0.388.